The first-order valence-corrected chi connectivity index (χ1v) is 5.56. The zero-order chi connectivity index (χ0) is 10.4. The van der Waals surface area contributed by atoms with Gasteiger partial charge in [0.05, 0.1) is 12.0 Å². The fraction of sp³-hybridized carbons (Fsp3) is 0.750. The van der Waals surface area contributed by atoms with Gasteiger partial charge < -0.3 is 4.74 Å². The van der Waals surface area contributed by atoms with E-state index in [0.29, 0.717) is 6.61 Å². The Morgan fingerprint density at radius 2 is 2.00 bits per heavy atom. The van der Waals surface area contributed by atoms with E-state index in [2.05, 4.69) is 0 Å². The highest BCUT2D eigenvalue weighted by molar-refractivity contribution is 5.79. The summed E-state index contributed by atoms with van der Waals surface area (Å²) in [4.78, 5) is 11.8. The Bertz CT molecular complexity index is 212. The van der Waals surface area contributed by atoms with E-state index in [1.165, 1.54) is 6.42 Å². The minimum Gasteiger partial charge on any atom is -0.465 e. The molecule has 1 saturated carbocycles. The summed E-state index contributed by atoms with van der Waals surface area (Å²) < 4.78 is 5.15. The lowest BCUT2D eigenvalue weighted by Gasteiger charge is -2.31. The van der Waals surface area contributed by atoms with Crippen LogP contribution in [0.25, 0.3) is 0 Å². The first-order valence-electron chi connectivity index (χ1n) is 5.56. The molecule has 1 fully saturated rings. The quantitative estimate of drug-likeness (QED) is 0.512. The van der Waals surface area contributed by atoms with Crippen LogP contribution in [0.4, 0.5) is 0 Å². The molecule has 2 heteroatoms. The number of carbonyl (C=O) groups is 1. The van der Waals surface area contributed by atoms with Gasteiger partial charge >= 0.3 is 5.97 Å². The van der Waals surface area contributed by atoms with Crippen molar-refractivity contribution in [3.8, 4) is 0 Å². The second kappa shape index (κ2) is 5.18. The van der Waals surface area contributed by atoms with Crippen molar-refractivity contribution in [2.75, 3.05) is 6.61 Å². The Kier molecular flexibility index (Phi) is 4.18. The fourth-order valence-corrected chi connectivity index (χ4v) is 2.22. The van der Waals surface area contributed by atoms with Gasteiger partial charge in [0.15, 0.2) is 0 Å². The van der Waals surface area contributed by atoms with Crippen molar-refractivity contribution in [1.82, 2.24) is 0 Å². The van der Waals surface area contributed by atoms with Crippen molar-refractivity contribution in [3.05, 3.63) is 12.2 Å². The average molecular weight is 196 g/mol. The monoisotopic (exact) mass is 196 g/mol. The van der Waals surface area contributed by atoms with E-state index in [-0.39, 0.29) is 11.4 Å². The Labute approximate surface area is 86.3 Å². The fourth-order valence-electron chi connectivity index (χ4n) is 2.22. The van der Waals surface area contributed by atoms with Crippen LogP contribution in [0.5, 0.6) is 0 Å². The molecule has 0 N–H and O–H groups in total. The summed E-state index contributed by atoms with van der Waals surface area (Å²) in [5.41, 5.74) is -0.303. The molecule has 0 bridgehead atoms. The van der Waals surface area contributed by atoms with E-state index in [0.717, 1.165) is 25.7 Å². The average Bonchev–Trinajstić information content (AvgIpc) is 2.20. The molecule has 0 radical (unpaired) electrons. The van der Waals surface area contributed by atoms with Gasteiger partial charge in [-0.2, -0.15) is 0 Å². The van der Waals surface area contributed by atoms with Crippen molar-refractivity contribution < 1.29 is 9.53 Å². The van der Waals surface area contributed by atoms with Crippen LogP contribution in [-0.4, -0.2) is 12.6 Å². The number of hydrogen-bond acceptors (Lipinski definition) is 2. The summed E-state index contributed by atoms with van der Waals surface area (Å²) in [6.07, 6.45) is 9.45. The number of esters is 1. The molecule has 80 valence electrons. The van der Waals surface area contributed by atoms with E-state index >= 15 is 0 Å². The van der Waals surface area contributed by atoms with Crippen molar-refractivity contribution in [2.24, 2.45) is 5.41 Å². The van der Waals surface area contributed by atoms with E-state index < -0.39 is 0 Å². The standard InChI is InChI=1S/C12H20O2/c1-3-8-12(11(13)14-4-2)9-6-5-7-10-12/h3,8H,4-7,9-10H2,1-2H3/b8-3+. The normalized spacial score (nSPS) is 21.0. The van der Waals surface area contributed by atoms with Crippen LogP contribution >= 0.6 is 0 Å². The molecule has 0 unspecified atom stereocenters. The minimum absolute atomic E-state index is 0.0298. The van der Waals surface area contributed by atoms with Gasteiger partial charge in [-0.15, -0.1) is 0 Å². The molecule has 0 saturated heterocycles. The smallest absolute Gasteiger partial charge is 0.315 e. The third kappa shape index (κ3) is 2.37. The molecule has 0 aromatic carbocycles. The largest absolute Gasteiger partial charge is 0.465 e. The first kappa shape index (κ1) is 11.3. The van der Waals surface area contributed by atoms with Crippen molar-refractivity contribution in [2.45, 2.75) is 46.0 Å². The van der Waals surface area contributed by atoms with Crippen LogP contribution in [0.15, 0.2) is 12.2 Å². The second-order valence-electron chi connectivity index (χ2n) is 3.94. The molecular weight excluding hydrogens is 176 g/mol. The molecular formula is C12H20O2. The molecule has 2 nitrogen and oxygen atoms in total. The Hall–Kier alpha value is -0.790. The SMILES string of the molecule is C/C=C/C1(C(=O)OCC)CCCCC1. The molecule has 0 aliphatic heterocycles. The molecule has 1 aliphatic rings. The van der Waals surface area contributed by atoms with Crippen LogP contribution < -0.4 is 0 Å². The molecule has 0 amide bonds. The zero-order valence-electron chi connectivity index (χ0n) is 9.21. The van der Waals surface area contributed by atoms with E-state index in [9.17, 15) is 4.79 Å². The van der Waals surface area contributed by atoms with Gasteiger partial charge in [-0.3, -0.25) is 4.79 Å². The van der Waals surface area contributed by atoms with Gasteiger partial charge in [0.1, 0.15) is 0 Å². The summed E-state index contributed by atoms with van der Waals surface area (Å²) in [6.45, 7) is 4.32. The second-order valence-corrected chi connectivity index (χ2v) is 3.94. The maximum absolute atomic E-state index is 11.8. The summed E-state index contributed by atoms with van der Waals surface area (Å²) in [6, 6.07) is 0. The predicted molar refractivity (Wildman–Crippen MR) is 57.0 cm³/mol. The van der Waals surface area contributed by atoms with Gasteiger partial charge in [-0.05, 0) is 26.7 Å². The van der Waals surface area contributed by atoms with Crippen molar-refractivity contribution >= 4 is 5.97 Å². The summed E-state index contributed by atoms with van der Waals surface area (Å²) in [5.74, 6) is -0.0298. The summed E-state index contributed by atoms with van der Waals surface area (Å²) in [7, 11) is 0. The number of hydrogen-bond donors (Lipinski definition) is 0. The Morgan fingerprint density at radius 1 is 1.36 bits per heavy atom. The van der Waals surface area contributed by atoms with Crippen molar-refractivity contribution in [3.63, 3.8) is 0 Å². The third-order valence-corrected chi connectivity index (χ3v) is 2.91. The van der Waals surface area contributed by atoms with Crippen LogP contribution in [0.1, 0.15) is 46.0 Å². The van der Waals surface area contributed by atoms with Gasteiger partial charge in [0.25, 0.3) is 0 Å². The first-order chi connectivity index (χ1) is 6.75. The molecule has 0 heterocycles. The molecule has 0 aromatic heterocycles. The minimum atomic E-state index is -0.303. The number of ether oxygens (including phenoxy) is 1. The van der Waals surface area contributed by atoms with Crippen LogP contribution in [0, 0.1) is 5.41 Å². The Balaban J connectivity index is 2.74. The Morgan fingerprint density at radius 3 is 2.50 bits per heavy atom. The number of allylic oxidation sites excluding steroid dienone is 1. The molecule has 14 heavy (non-hydrogen) atoms. The third-order valence-electron chi connectivity index (χ3n) is 2.91. The van der Waals surface area contributed by atoms with Crippen LogP contribution in [0.3, 0.4) is 0 Å². The maximum Gasteiger partial charge on any atom is 0.315 e. The summed E-state index contributed by atoms with van der Waals surface area (Å²) >= 11 is 0. The summed E-state index contributed by atoms with van der Waals surface area (Å²) in [5, 5.41) is 0. The molecule has 0 aromatic rings. The van der Waals surface area contributed by atoms with Gasteiger partial charge in [-0.25, -0.2) is 0 Å². The van der Waals surface area contributed by atoms with E-state index in [4.69, 9.17) is 4.74 Å². The highest BCUT2D eigenvalue weighted by atomic mass is 16.5. The topological polar surface area (TPSA) is 26.3 Å². The van der Waals surface area contributed by atoms with Crippen LogP contribution in [-0.2, 0) is 9.53 Å². The van der Waals surface area contributed by atoms with Gasteiger partial charge in [0.2, 0.25) is 0 Å². The molecule has 0 spiro atoms. The lowest BCUT2D eigenvalue weighted by atomic mass is 9.74. The van der Waals surface area contributed by atoms with Crippen molar-refractivity contribution in [1.29, 1.82) is 0 Å². The predicted octanol–water partition coefficient (Wildman–Crippen LogP) is 3.08. The zero-order valence-corrected chi connectivity index (χ0v) is 9.21. The van der Waals surface area contributed by atoms with Gasteiger partial charge in [-0.1, -0.05) is 31.4 Å². The lowest BCUT2D eigenvalue weighted by Crippen LogP contribution is -2.33. The van der Waals surface area contributed by atoms with E-state index in [1.807, 2.05) is 26.0 Å². The number of carbonyl (C=O) groups excluding carboxylic acids is 1. The van der Waals surface area contributed by atoms with E-state index in [1.54, 1.807) is 0 Å². The lowest BCUT2D eigenvalue weighted by molar-refractivity contribution is -0.154. The molecule has 1 rings (SSSR count). The van der Waals surface area contributed by atoms with Crippen LogP contribution in [0.2, 0.25) is 0 Å². The molecule has 0 atom stereocenters. The van der Waals surface area contributed by atoms with Gasteiger partial charge in [0, 0.05) is 0 Å². The highest BCUT2D eigenvalue weighted by Gasteiger charge is 2.37. The maximum atomic E-state index is 11.8. The number of rotatable bonds is 3. The molecule has 1 aliphatic carbocycles. The highest BCUT2D eigenvalue weighted by Crippen LogP contribution is 2.38.